The minimum Gasteiger partial charge on any atom is -0.379 e. The van der Waals surface area contributed by atoms with E-state index >= 15 is 0 Å². The summed E-state index contributed by atoms with van der Waals surface area (Å²) in [5.74, 6) is 0. The van der Waals surface area contributed by atoms with Gasteiger partial charge in [-0.05, 0) is 12.8 Å². The van der Waals surface area contributed by atoms with Gasteiger partial charge in [-0.15, -0.1) is 18.2 Å². The maximum Gasteiger partial charge on any atom is 0.143 e. The summed E-state index contributed by atoms with van der Waals surface area (Å²) in [7, 11) is 0. The Labute approximate surface area is 72.4 Å². The Morgan fingerprint density at radius 1 is 1.73 bits per heavy atom. The van der Waals surface area contributed by atoms with Crippen molar-refractivity contribution >= 4 is 11.6 Å². The zero-order chi connectivity index (χ0) is 8.53. The van der Waals surface area contributed by atoms with Gasteiger partial charge in [-0.25, -0.2) is 0 Å². The molecule has 0 aliphatic rings. The van der Waals surface area contributed by atoms with Crippen molar-refractivity contribution < 1.29 is 4.74 Å². The number of hydrogen-bond acceptors (Lipinski definition) is 2. The highest BCUT2D eigenvalue weighted by atomic mass is 35.5. The number of halogens is 1. The van der Waals surface area contributed by atoms with Gasteiger partial charge in [-0.1, -0.05) is 6.08 Å². The molecule has 0 saturated heterocycles. The average molecular weight is 174 g/mol. The van der Waals surface area contributed by atoms with Crippen molar-refractivity contribution in [2.24, 2.45) is 0 Å². The topological polar surface area (TPSA) is 33.0 Å². The van der Waals surface area contributed by atoms with Crippen LogP contribution in [0.5, 0.6) is 0 Å². The Kier molecular flexibility index (Phi) is 7.23. The van der Waals surface area contributed by atoms with Gasteiger partial charge in [0.2, 0.25) is 0 Å². The molecule has 62 valence electrons. The molecule has 0 aromatic carbocycles. The molecule has 0 N–H and O–H groups in total. The number of nitrogens with zero attached hydrogens (tertiary/aromatic N) is 1. The lowest BCUT2D eigenvalue weighted by atomic mass is 10.3. The number of ether oxygens (including phenoxy) is 1. The molecule has 0 aliphatic heterocycles. The lowest BCUT2D eigenvalue weighted by Gasteiger charge is -2.01. The highest BCUT2D eigenvalue weighted by molar-refractivity contribution is 6.22. The second-order valence-corrected chi connectivity index (χ2v) is 2.63. The number of alkyl halides is 1. The average Bonchev–Trinajstić information content (AvgIpc) is 2.04. The van der Waals surface area contributed by atoms with Crippen LogP contribution in [0.4, 0.5) is 0 Å². The third-order valence-electron chi connectivity index (χ3n) is 1.10. The van der Waals surface area contributed by atoms with Crippen LogP contribution in [0.2, 0.25) is 0 Å². The highest BCUT2D eigenvalue weighted by Crippen LogP contribution is 1.96. The fourth-order valence-corrected chi connectivity index (χ4v) is 0.643. The molecule has 0 rings (SSSR count). The number of nitriles is 1. The van der Waals surface area contributed by atoms with Crippen LogP contribution in [0.15, 0.2) is 12.7 Å². The highest BCUT2D eigenvalue weighted by Gasteiger charge is 1.99. The molecule has 3 heteroatoms. The first kappa shape index (κ1) is 10.5. The first-order valence-corrected chi connectivity index (χ1v) is 3.97. The van der Waals surface area contributed by atoms with Gasteiger partial charge >= 0.3 is 0 Å². The van der Waals surface area contributed by atoms with Crippen LogP contribution in [0.1, 0.15) is 12.8 Å². The fourth-order valence-electron chi connectivity index (χ4n) is 0.554. The van der Waals surface area contributed by atoms with Crippen LogP contribution in [0.25, 0.3) is 0 Å². The minimum absolute atomic E-state index is 0.315. The van der Waals surface area contributed by atoms with E-state index in [1.54, 1.807) is 0 Å². The zero-order valence-electron chi connectivity index (χ0n) is 6.42. The molecule has 1 atom stereocenters. The molecular formula is C8H12ClNO. The number of hydrogen-bond donors (Lipinski definition) is 0. The molecule has 0 amide bonds. The van der Waals surface area contributed by atoms with E-state index in [1.807, 2.05) is 12.1 Å². The summed E-state index contributed by atoms with van der Waals surface area (Å²) in [6.45, 7) is 4.54. The summed E-state index contributed by atoms with van der Waals surface area (Å²) in [6.07, 6.45) is 3.73. The van der Waals surface area contributed by atoms with E-state index < -0.39 is 5.38 Å². The summed E-state index contributed by atoms with van der Waals surface area (Å²) in [4.78, 5) is 0. The summed E-state index contributed by atoms with van der Waals surface area (Å²) < 4.78 is 5.09. The lowest BCUT2D eigenvalue weighted by Crippen LogP contribution is -2.07. The minimum atomic E-state index is -0.515. The largest absolute Gasteiger partial charge is 0.379 e. The summed E-state index contributed by atoms with van der Waals surface area (Å²) >= 11 is 5.47. The van der Waals surface area contributed by atoms with Gasteiger partial charge in [-0.2, -0.15) is 5.26 Å². The molecule has 0 aromatic rings. The van der Waals surface area contributed by atoms with Crippen LogP contribution in [-0.2, 0) is 4.74 Å². The Balaban J connectivity index is 3.03. The standard InChI is InChI=1S/C8H12ClNO/c1-2-3-4-5-11-7-8(9)6-10/h2,8H,1,3-5,7H2. The van der Waals surface area contributed by atoms with Crippen molar-refractivity contribution in [1.82, 2.24) is 0 Å². The van der Waals surface area contributed by atoms with Crippen LogP contribution in [0, 0.1) is 11.3 Å². The maximum absolute atomic E-state index is 8.26. The Hall–Kier alpha value is -0.520. The van der Waals surface area contributed by atoms with Gasteiger partial charge in [0.05, 0.1) is 12.7 Å². The van der Waals surface area contributed by atoms with E-state index in [9.17, 15) is 0 Å². The molecule has 0 spiro atoms. The molecule has 2 nitrogen and oxygen atoms in total. The van der Waals surface area contributed by atoms with Crippen molar-refractivity contribution in [2.45, 2.75) is 18.2 Å². The number of unbranched alkanes of at least 4 members (excludes halogenated alkanes) is 1. The van der Waals surface area contributed by atoms with E-state index in [4.69, 9.17) is 21.6 Å². The molecule has 0 aliphatic carbocycles. The van der Waals surface area contributed by atoms with E-state index in [0.29, 0.717) is 13.2 Å². The van der Waals surface area contributed by atoms with Crippen LogP contribution >= 0.6 is 11.6 Å². The second kappa shape index (κ2) is 7.59. The third-order valence-corrected chi connectivity index (χ3v) is 1.32. The van der Waals surface area contributed by atoms with Gasteiger partial charge in [0, 0.05) is 6.61 Å². The second-order valence-electron chi connectivity index (χ2n) is 2.10. The molecule has 0 bridgehead atoms. The predicted molar refractivity (Wildman–Crippen MR) is 45.5 cm³/mol. The van der Waals surface area contributed by atoms with Crippen LogP contribution < -0.4 is 0 Å². The summed E-state index contributed by atoms with van der Waals surface area (Å²) in [5, 5.41) is 7.74. The predicted octanol–water partition coefficient (Wildman–Crippen LogP) is 2.10. The van der Waals surface area contributed by atoms with Crippen molar-refractivity contribution in [3.8, 4) is 6.07 Å². The Morgan fingerprint density at radius 2 is 2.45 bits per heavy atom. The molecule has 0 heterocycles. The molecule has 1 unspecified atom stereocenters. The van der Waals surface area contributed by atoms with E-state index in [-0.39, 0.29) is 0 Å². The molecule has 0 aromatic heterocycles. The van der Waals surface area contributed by atoms with Gasteiger partial charge in [0.25, 0.3) is 0 Å². The van der Waals surface area contributed by atoms with Gasteiger partial charge in [-0.3, -0.25) is 0 Å². The Morgan fingerprint density at radius 3 is 3.00 bits per heavy atom. The van der Waals surface area contributed by atoms with Gasteiger partial charge in [0.15, 0.2) is 0 Å². The first-order chi connectivity index (χ1) is 5.31. The molecule has 0 saturated carbocycles. The third kappa shape index (κ3) is 7.38. The normalized spacial score (nSPS) is 12.0. The summed E-state index contributed by atoms with van der Waals surface area (Å²) in [6, 6.07) is 1.88. The fraction of sp³-hybridized carbons (Fsp3) is 0.625. The molecular weight excluding hydrogens is 162 g/mol. The van der Waals surface area contributed by atoms with Crippen molar-refractivity contribution in [1.29, 1.82) is 5.26 Å². The SMILES string of the molecule is C=CCCCOCC(Cl)C#N. The van der Waals surface area contributed by atoms with Crippen molar-refractivity contribution in [3.05, 3.63) is 12.7 Å². The van der Waals surface area contributed by atoms with E-state index in [1.165, 1.54) is 0 Å². The number of allylic oxidation sites excluding steroid dienone is 1. The zero-order valence-corrected chi connectivity index (χ0v) is 7.18. The smallest absolute Gasteiger partial charge is 0.143 e. The van der Waals surface area contributed by atoms with Crippen molar-refractivity contribution in [2.75, 3.05) is 13.2 Å². The maximum atomic E-state index is 8.26. The van der Waals surface area contributed by atoms with Gasteiger partial charge < -0.3 is 4.74 Å². The first-order valence-electron chi connectivity index (χ1n) is 3.53. The number of rotatable bonds is 6. The Bertz CT molecular complexity index is 142. The summed E-state index contributed by atoms with van der Waals surface area (Å²) in [5.41, 5.74) is 0. The van der Waals surface area contributed by atoms with Crippen molar-refractivity contribution in [3.63, 3.8) is 0 Å². The molecule has 11 heavy (non-hydrogen) atoms. The quantitative estimate of drug-likeness (QED) is 0.350. The van der Waals surface area contributed by atoms with E-state index in [2.05, 4.69) is 6.58 Å². The van der Waals surface area contributed by atoms with Gasteiger partial charge in [0.1, 0.15) is 5.38 Å². The molecule has 0 radical (unpaired) electrons. The van der Waals surface area contributed by atoms with Crippen LogP contribution in [0.3, 0.4) is 0 Å². The monoisotopic (exact) mass is 173 g/mol. The van der Waals surface area contributed by atoms with Crippen LogP contribution in [-0.4, -0.2) is 18.6 Å². The lowest BCUT2D eigenvalue weighted by molar-refractivity contribution is 0.139. The van der Waals surface area contributed by atoms with E-state index in [0.717, 1.165) is 12.8 Å². The molecule has 0 fully saturated rings.